The zero-order valence-electron chi connectivity index (χ0n) is 11.2. The third-order valence-electron chi connectivity index (χ3n) is 3.63. The molecule has 0 spiro atoms. The van der Waals surface area contributed by atoms with Gasteiger partial charge >= 0.3 is 0 Å². The van der Waals surface area contributed by atoms with Crippen LogP contribution in [0.5, 0.6) is 0 Å². The molecule has 2 aliphatic rings. The fraction of sp³-hybridized carbons (Fsp3) is 0.923. The molecule has 2 atom stereocenters. The number of carbonyl (C=O) groups is 1. The molecule has 4 nitrogen and oxygen atoms in total. The SMILES string of the molecule is CC(C)(C)C(=O)NCC1CN2CCCC2CO1. The minimum absolute atomic E-state index is 0.102. The molecule has 2 rings (SSSR count). The number of ether oxygens (including phenoxy) is 1. The monoisotopic (exact) mass is 240 g/mol. The van der Waals surface area contributed by atoms with Crippen LogP contribution in [0.4, 0.5) is 0 Å². The Kier molecular flexibility index (Phi) is 3.73. The molecule has 2 aliphatic heterocycles. The van der Waals surface area contributed by atoms with E-state index >= 15 is 0 Å². The Balaban J connectivity index is 1.75. The largest absolute Gasteiger partial charge is 0.373 e. The highest BCUT2D eigenvalue weighted by atomic mass is 16.5. The van der Waals surface area contributed by atoms with Crippen molar-refractivity contribution in [3.63, 3.8) is 0 Å². The number of rotatable bonds is 2. The van der Waals surface area contributed by atoms with E-state index in [1.807, 2.05) is 20.8 Å². The van der Waals surface area contributed by atoms with Crippen LogP contribution in [-0.4, -0.2) is 49.2 Å². The van der Waals surface area contributed by atoms with Crippen molar-refractivity contribution in [1.29, 1.82) is 0 Å². The molecule has 2 heterocycles. The van der Waals surface area contributed by atoms with Crippen LogP contribution in [0.3, 0.4) is 0 Å². The zero-order chi connectivity index (χ0) is 12.5. The summed E-state index contributed by atoms with van der Waals surface area (Å²) in [6, 6.07) is 0.629. The Labute approximate surface area is 104 Å². The summed E-state index contributed by atoms with van der Waals surface area (Å²) in [6.07, 6.45) is 2.71. The summed E-state index contributed by atoms with van der Waals surface area (Å²) >= 11 is 0. The number of fused-ring (bicyclic) bond motifs is 1. The molecule has 0 saturated carbocycles. The second-order valence-corrected chi connectivity index (χ2v) is 6.21. The van der Waals surface area contributed by atoms with Crippen molar-refractivity contribution in [2.24, 2.45) is 5.41 Å². The number of nitrogens with zero attached hydrogens (tertiary/aromatic N) is 1. The third kappa shape index (κ3) is 3.19. The molecule has 0 aromatic rings. The molecule has 4 heteroatoms. The predicted octanol–water partition coefficient (Wildman–Crippen LogP) is 1.01. The van der Waals surface area contributed by atoms with Crippen molar-refractivity contribution in [2.45, 2.75) is 45.8 Å². The van der Waals surface area contributed by atoms with Crippen molar-refractivity contribution in [2.75, 3.05) is 26.2 Å². The Hall–Kier alpha value is -0.610. The highest BCUT2D eigenvalue weighted by molar-refractivity contribution is 5.81. The summed E-state index contributed by atoms with van der Waals surface area (Å²) in [5.41, 5.74) is -0.315. The molecule has 2 saturated heterocycles. The summed E-state index contributed by atoms with van der Waals surface area (Å²) in [6.45, 7) is 9.42. The molecule has 1 amide bonds. The smallest absolute Gasteiger partial charge is 0.225 e. The van der Waals surface area contributed by atoms with Gasteiger partial charge in [0.05, 0.1) is 12.7 Å². The number of hydrogen-bond acceptors (Lipinski definition) is 3. The van der Waals surface area contributed by atoms with E-state index in [0.29, 0.717) is 12.6 Å². The minimum atomic E-state index is -0.315. The molecule has 17 heavy (non-hydrogen) atoms. The van der Waals surface area contributed by atoms with Crippen molar-refractivity contribution in [3.8, 4) is 0 Å². The van der Waals surface area contributed by atoms with Gasteiger partial charge in [0.25, 0.3) is 0 Å². The molecule has 1 N–H and O–H groups in total. The van der Waals surface area contributed by atoms with E-state index in [0.717, 1.165) is 13.2 Å². The molecular weight excluding hydrogens is 216 g/mol. The summed E-state index contributed by atoms with van der Waals surface area (Å²) in [5, 5.41) is 2.98. The van der Waals surface area contributed by atoms with Crippen molar-refractivity contribution in [3.05, 3.63) is 0 Å². The van der Waals surface area contributed by atoms with Crippen LogP contribution in [0.25, 0.3) is 0 Å². The zero-order valence-corrected chi connectivity index (χ0v) is 11.2. The lowest BCUT2D eigenvalue weighted by Gasteiger charge is -2.35. The first-order chi connectivity index (χ1) is 7.97. The predicted molar refractivity (Wildman–Crippen MR) is 66.8 cm³/mol. The van der Waals surface area contributed by atoms with Crippen LogP contribution in [0.15, 0.2) is 0 Å². The number of nitrogens with one attached hydrogen (secondary N) is 1. The van der Waals surface area contributed by atoms with Gasteiger partial charge in [0.15, 0.2) is 0 Å². The molecule has 0 radical (unpaired) electrons. The van der Waals surface area contributed by atoms with E-state index in [-0.39, 0.29) is 17.4 Å². The standard InChI is InChI=1S/C13H24N2O2/c1-13(2,3)12(16)14-7-11-8-15-6-4-5-10(15)9-17-11/h10-11H,4-9H2,1-3H3,(H,14,16). The van der Waals surface area contributed by atoms with E-state index in [1.165, 1.54) is 19.4 Å². The second kappa shape index (κ2) is 4.94. The highest BCUT2D eigenvalue weighted by Gasteiger charge is 2.32. The minimum Gasteiger partial charge on any atom is -0.373 e. The molecule has 0 aromatic carbocycles. The van der Waals surface area contributed by atoms with Crippen molar-refractivity contribution in [1.82, 2.24) is 10.2 Å². The van der Waals surface area contributed by atoms with Crippen molar-refractivity contribution < 1.29 is 9.53 Å². The van der Waals surface area contributed by atoms with Gasteiger partial charge in [-0.3, -0.25) is 9.69 Å². The topological polar surface area (TPSA) is 41.6 Å². The van der Waals surface area contributed by atoms with Gasteiger partial charge in [0.2, 0.25) is 5.91 Å². The first-order valence-electron chi connectivity index (χ1n) is 6.61. The number of carbonyl (C=O) groups excluding carboxylic acids is 1. The lowest BCUT2D eigenvalue weighted by Crippen LogP contribution is -2.51. The first-order valence-corrected chi connectivity index (χ1v) is 6.61. The lowest BCUT2D eigenvalue weighted by atomic mass is 9.95. The number of morpholine rings is 1. The molecule has 98 valence electrons. The van der Waals surface area contributed by atoms with Crippen LogP contribution in [0.1, 0.15) is 33.6 Å². The summed E-state index contributed by atoms with van der Waals surface area (Å²) < 4.78 is 5.80. The molecule has 2 unspecified atom stereocenters. The van der Waals surface area contributed by atoms with Crippen LogP contribution in [0.2, 0.25) is 0 Å². The number of hydrogen-bond donors (Lipinski definition) is 1. The maximum absolute atomic E-state index is 11.8. The Morgan fingerprint density at radius 3 is 2.94 bits per heavy atom. The van der Waals surface area contributed by atoms with Gasteiger partial charge in [0.1, 0.15) is 0 Å². The van der Waals surface area contributed by atoms with Crippen LogP contribution in [0, 0.1) is 5.41 Å². The van der Waals surface area contributed by atoms with E-state index in [1.54, 1.807) is 0 Å². The third-order valence-corrected chi connectivity index (χ3v) is 3.63. The van der Waals surface area contributed by atoms with E-state index < -0.39 is 0 Å². The Morgan fingerprint density at radius 1 is 1.47 bits per heavy atom. The van der Waals surface area contributed by atoms with Gasteiger partial charge in [0, 0.05) is 24.5 Å². The van der Waals surface area contributed by atoms with Crippen LogP contribution in [-0.2, 0) is 9.53 Å². The molecule has 0 aromatic heterocycles. The Bertz CT molecular complexity index is 286. The maximum Gasteiger partial charge on any atom is 0.225 e. The summed E-state index contributed by atoms with van der Waals surface area (Å²) in [5.74, 6) is 0.102. The van der Waals surface area contributed by atoms with Gasteiger partial charge in [-0.25, -0.2) is 0 Å². The van der Waals surface area contributed by atoms with E-state index in [9.17, 15) is 4.79 Å². The summed E-state index contributed by atoms with van der Waals surface area (Å²) in [7, 11) is 0. The van der Waals surface area contributed by atoms with E-state index in [4.69, 9.17) is 4.74 Å². The average Bonchev–Trinajstić information content (AvgIpc) is 2.71. The van der Waals surface area contributed by atoms with Crippen LogP contribution >= 0.6 is 0 Å². The molecule has 2 fully saturated rings. The van der Waals surface area contributed by atoms with Crippen molar-refractivity contribution >= 4 is 5.91 Å². The van der Waals surface area contributed by atoms with Crippen LogP contribution < -0.4 is 5.32 Å². The maximum atomic E-state index is 11.8. The first kappa shape index (κ1) is 12.8. The highest BCUT2D eigenvalue weighted by Crippen LogP contribution is 2.22. The summed E-state index contributed by atoms with van der Waals surface area (Å²) in [4.78, 5) is 14.3. The average molecular weight is 240 g/mol. The fourth-order valence-corrected chi connectivity index (χ4v) is 2.48. The van der Waals surface area contributed by atoms with E-state index in [2.05, 4.69) is 10.2 Å². The lowest BCUT2D eigenvalue weighted by molar-refractivity contribution is -0.129. The Morgan fingerprint density at radius 2 is 2.24 bits per heavy atom. The second-order valence-electron chi connectivity index (χ2n) is 6.21. The fourth-order valence-electron chi connectivity index (χ4n) is 2.48. The van der Waals surface area contributed by atoms with Gasteiger partial charge in [-0.15, -0.1) is 0 Å². The van der Waals surface area contributed by atoms with Gasteiger partial charge in [-0.1, -0.05) is 20.8 Å². The quantitative estimate of drug-likeness (QED) is 0.783. The van der Waals surface area contributed by atoms with Gasteiger partial charge in [-0.05, 0) is 19.4 Å². The van der Waals surface area contributed by atoms with Gasteiger partial charge in [-0.2, -0.15) is 0 Å². The molecular formula is C13H24N2O2. The number of amides is 1. The van der Waals surface area contributed by atoms with Gasteiger partial charge < -0.3 is 10.1 Å². The normalized spacial score (nSPS) is 30.1. The molecule has 0 bridgehead atoms. The molecule has 0 aliphatic carbocycles.